The molecule has 1 aromatic heterocycles. The third kappa shape index (κ3) is 4.75. The largest absolute Gasteiger partial charge is 0.376 e. The summed E-state index contributed by atoms with van der Waals surface area (Å²) in [5.41, 5.74) is 0. The smallest absolute Gasteiger partial charge is 0.185 e. The Morgan fingerprint density at radius 3 is 3.11 bits per heavy atom. The second-order valence-corrected chi connectivity index (χ2v) is 6.74. The van der Waals surface area contributed by atoms with E-state index >= 15 is 0 Å². The van der Waals surface area contributed by atoms with Crippen molar-refractivity contribution in [2.24, 2.45) is 5.92 Å². The van der Waals surface area contributed by atoms with Gasteiger partial charge in [0.2, 0.25) is 0 Å². The van der Waals surface area contributed by atoms with E-state index in [0.29, 0.717) is 12.0 Å². The van der Waals surface area contributed by atoms with Gasteiger partial charge in [-0.25, -0.2) is 4.98 Å². The molecule has 2 rings (SSSR count). The lowest BCUT2D eigenvalue weighted by Crippen LogP contribution is -2.28. The van der Waals surface area contributed by atoms with Gasteiger partial charge < -0.3 is 15.0 Å². The maximum atomic E-state index is 5.67. The number of nitrogens with zero attached hydrogens (tertiary/aromatic N) is 2. The highest BCUT2D eigenvalue weighted by Gasteiger charge is 2.18. The molecule has 2 heterocycles. The number of hydrogen-bond acceptors (Lipinski definition) is 5. The molecule has 0 amide bonds. The molecule has 1 aliphatic rings. The molecule has 108 valence electrons. The molecule has 0 radical (unpaired) electrons. The number of hydrogen-bond donors (Lipinski definition) is 1. The van der Waals surface area contributed by atoms with Crippen molar-refractivity contribution in [3.63, 3.8) is 0 Å². The molecule has 4 nitrogen and oxygen atoms in total. The van der Waals surface area contributed by atoms with E-state index in [1.54, 1.807) is 11.3 Å². The number of aromatic nitrogens is 1. The average Bonchev–Trinajstić information content (AvgIpc) is 2.99. The third-order valence-corrected chi connectivity index (χ3v) is 4.33. The molecule has 1 fully saturated rings. The normalized spacial score (nSPS) is 19.3. The second kappa shape index (κ2) is 7.22. The molecule has 0 bridgehead atoms. The molecule has 0 spiro atoms. The minimum atomic E-state index is 0.386. The minimum absolute atomic E-state index is 0.386. The minimum Gasteiger partial charge on any atom is -0.376 e. The number of nitrogens with one attached hydrogen (secondary N) is 1. The van der Waals surface area contributed by atoms with Crippen LogP contribution in [0.5, 0.6) is 0 Å². The van der Waals surface area contributed by atoms with Gasteiger partial charge in [-0.1, -0.05) is 13.8 Å². The van der Waals surface area contributed by atoms with Crippen LogP contribution in [0.15, 0.2) is 6.20 Å². The molecule has 1 N–H and O–H groups in total. The van der Waals surface area contributed by atoms with Crippen molar-refractivity contribution in [2.75, 3.05) is 31.6 Å². The maximum absolute atomic E-state index is 5.67. The summed E-state index contributed by atoms with van der Waals surface area (Å²) in [6.07, 6.45) is 4.75. The van der Waals surface area contributed by atoms with Crippen molar-refractivity contribution >= 4 is 16.5 Å². The highest BCUT2D eigenvalue weighted by Crippen LogP contribution is 2.23. The third-order valence-electron chi connectivity index (χ3n) is 3.22. The fourth-order valence-corrected chi connectivity index (χ4v) is 3.06. The van der Waals surface area contributed by atoms with E-state index in [-0.39, 0.29) is 0 Å². The first-order chi connectivity index (χ1) is 9.15. The van der Waals surface area contributed by atoms with Crippen LogP contribution < -0.4 is 10.2 Å². The van der Waals surface area contributed by atoms with E-state index in [9.17, 15) is 0 Å². The van der Waals surface area contributed by atoms with E-state index < -0.39 is 0 Å². The summed E-state index contributed by atoms with van der Waals surface area (Å²) < 4.78 is 5.67. The van der Waals surface area contributed by atoms with E-state index in [0.717, 1.165) is 31.4 Å². The summed E-state index contributed by atoms with van der Waals surface area (Å²) in [4.78, 5) is 8.02. The SMILES string of the molecule is CC(C)CNCc1cnc(N(C)CC2CCCO2)s1. The van der Waals surface area contributed by atoms with Gasteiger partial charge in [-0.3, -0.25) is 0 Å². The first kappa shape index (κ1) is 14.8. The van der Waals surface area contributed by atoms with E-state index in [1.165, 1.54) is 17.7 Å². The Bertz CT molecular complexity index is 375. The number of thiazole rings is 1. The molecule has 1 atom stereocenters. The quantitative estimate of drug-likeness (QED) is 0.834. The average molecular weight is 283 g/mol. The monoisotopic (exact) mass is 283 g/mol. The van der Waals surface area contributed by atoms with Crippen LogP contribution >= 0.6 is 11.3 Å². The fourth-order valence-electron chi connectivity index (χ4n) is 2.21. The molecular weight excluding hydrogens is 258 g/mol. The van der Waals surface area contributed by atoms with Crippen LogP contribution in [0.4, 0.5) is 5.13 Å². The van der Waals surface area contributed by atoms with Gasteiger partial charge in [0.05, 0.1) is 6.10 Å². The van der Waals surface area contributed by atoms with E-state index in [2.05, 4.69) is 36.1 Å². The molecule has 1 aromatic rings. The molecule has 5 heteroatoms. The van der Waals surface area contributed by atoms with Crippen LogP contribution in [0, 0.1) is 5.92 Å². The Kier molecular flexibility index (Phi) is 5.60. The molecule has 0 saturated carbocycles. The Balaban J connectivity index is 1.78. The molecule has 0 aliphatic carbocycles. The fraction of sp³-hybridized carbons (Fsp3) is 0.786. The van der Waals surface area contributed by atoms with Gasteiger partial charge in [-0.2, -0.15) is 0 Å². The summed E-state index contributed by atoms with van der Waals surface area (Å²) in [5.74, 6) is 0.689. The van der Waals surface area contributed by atoms with Gasteiger partial charge >= 0.3 is 0 Å². The van der Waals surface area contributed by atoms with Crippen LogP contribution in [0.2, 0.25) is 0 Å². The lowest BCUT2D eigenvalue weighted by Gasteiger charge is -2.19. The number of rotatable bonds is 7. The molecule has 1 saturated heterocycles. The zero-order valence-corrected chi connectivity index (χ0v) is 13.0. The Morgan fingerprint density at radius 2 is 2.42 bits per heavy atom. The van der Waals surface area contributed by atoms with Gasteiger partial charge in [0.25, 0.3) is 0 Å². The summed E-state index contributed by atoms with van der Waals surface area (Å²) in [6, 6.07) is 0. The molecule has 0 aromatic carbocycles. The number of anilines is 1. The van der Waals surface area contributed by atoms with Gasteiger partial charge in [-0.05, 0) is 25.3 Å². The van der Waals surface area contributed by atoms with Crippen LogP contribution in [0.1, 0.15) is 31.6 Å². The predicted molar refractivity (Wildman–Crippen MR) is 80.9 cm³/mol. The van der Waals surface area contributed by atoms with Crippen molar-refractivity contribution in [2.45, 2.75) is 39.3 Å². The van der Waals surface area contributed by atoms with E-state index in [4.69, 9.17) is 4.74 Å². The van der Waals surface area contributed by atoms with Gasteiger partial charge in [0.15, 0.2) is 5.13 Å². The first-order valence-electron chi connectivity index (χ1n) is 7.13. The molecule has 1 aliphatic heterocycles. The van der Waals surface area contributed by atoms with E-state index in [1.807, 2.05) is 6.20 Å². The summed E-state index contributed by atoms with van der Waals surface area (Å²) in [7, 11) is 2.10. The molecular formula is C14H25N3OS. The van der Waals surface area contributed by atoms with Gasteiger partial charge in [0, 0.05) is 37.8 Å². The zero-order valence-electron chi connectivity index (χ0n) is 12.2. The zero-order chi connectivity index (χ0) is 13.7. The van der Waals surface area contributed by atoms with Gasteiger partial charge in [0.1, 0.15) is 0 Å². The summed E-state index contributed by atoms with van der Waals surface area (Å²) in [6.45, 7) is 8.29. The Hall–Kier alpha value is -0.650. The van der Waals surface area contributed by atoms with Crippen molar-refractivity contribution < 1.29 is 4.74 Å². The van der Waals surface area contributed by atoms with Crippen LogP contribution in [0.3, 0.4) is 0 Å². The van der Waals surface area contributed by atoms with Crippen molar-refractivity contribution in [3.8, 4) is 0 Å². The lowest BCUT2D eigenvalue weighted by molar-refractivity contribution is 0.116. The first-order valence-corrected chi connectivity index (χ1v) is 7.95. The molecule has 1 unspecified atom stereocenters. The number of ether oxygens (including phenoxy) is 1. The number of likely N-dealkylation sites (N-methyl/N-ethyl adjacent to an activating group) is 1. The lowest BCUT2D eigenvalue weighted by atomic mass is 10.2. The Labute approximate surface area is 120 Å². The summed E-state index contributed by atoms with van der Waals surface area (Å²) >= 11 is 1.77. The topological polar surface area (TPSA) is 37.4 Å². The molecule has 19 heavy (non-hydrogen) atoms. The second-order valence-electron chi connectivity index (χ2n) is 5.65. The predicted octanol–water partition coefficient (Wildman–Crippen LogP) is 2.50. The Morgan fingerprint density at radius 1 is 1.58 bits per heavy atom. The van der Waals surface area contributed by atoms with Crippen LogP contribution in [0.25, 0.3) is 0 Å². The maximum Gasteiger partial charge on any atom is 0.185 e. The van der Waals surface area contributed by atoms with Gasteiger partial charge in [-0.15, -0.1) is 11.3 Å². The van der Waals surface area contributed by atoms with Crippen LogP contribution in [-0.2, 0) is 11.3 Å². The van der Waals surface area contributed by atoms with Crippen molar-refractivity contribution in [1.82, 2.24) is 10.3 Å². The highest BCUT2D eigenvalue weighted by molar-refractivity contribution is 7.15. The van der Waals surface area contributed by atoms with Crippen molar-refractivity contribution in [3.05, 3.63) is 11.1 Å². The van der Waals surface area contributed by atoms with Crippen molar-refractivity contribution in [1.29, 1.82) is 0 Å². The highest BCUT2D eigenvalue weighted by atomic mass is 32.1. The summed E-state index contributed by atoms with van der Waals surface area (Å²) in [5, 5.41) is 4.55. The standard InChI is InChI=1S/C14H25N3OS/c1-11(2)7-15-8-13-9-16-14(19-13)17(3)10-12-5-4-6-18-12/h9,11-12,15H,4-8,10H2,1-3H3. The van der Waals surface area contributed by atoms with Crippen LogP contribution in [-0.4, -0.2) is 37.8 Å².